The summed E-state index contributed by atoms with van der Waals surface area (Å²) in [7, 11) is 0. The van der Waals surface area contributed by atoms with Gasteiger partial charge in [-0.1, -0.05) is 94.3 Å². The monoisotopic (exact) mass is 325 g/mol. The molecule has 0 saturated carbocycles. The van der Waals surface area contributed by atoms with E-state index in [2.05, 4.69) is 61.5 Å². The van der Waals surface area contributed by atoms with Crippen LogP contribution in [0.4, 0.5) is 0 Å². The third kappa shape index (κ3) is 7.26. The fourth-order valence-electron chi connectivity index (χ4n) is 2.73. The van der Waals surface area contributed by atoms with Gasteiger partial charge < -0.3 is 0 Å². The minimum Gasteiger partial charge on any atom is -0.126 e. The summed E-state index contributed by atoms with van der Waals surface area (Å²) in [5.41, 5.74) is 2.60. The second-order valence-electron chi connectivity index (χ2n) is 6.07. The van der Waals surface area contributed by atoms with Gasteiger partial charge in [0.15, 0.2) is 0 Å². The lowest BCUT2D eigenvalue weighted by Gasteiger charge is -2.05. The number of rotatable bonds is 11. The van der Waals surface area contributed by atoms with Crippen molar-refractivity contribution in [2.45, 2.75) is 56.3 Å². The number of unbranched alkanes of at least 4 members (excludes halogenated alkanes) is 7. The van der Waals surface area contributed by atoms with E-state index < -0.39 is 0 Å². The van der Waals surface area contributed by atoms with Crippen LogP contribution in [0.5, 0.6) is 0 Å². The van der Waals surface area contributed by atoms with E-state index in [1.165, 1.54) is 66.7 Å². The number of benzene rings is 2. The maximum atomic E-state index is 3.89. The van der Waals surface area contributed by atoms with E-state index in [0.717, 1.165) is 6.42 Å². The summed E-state index contributed by atoms with van der Waals surface area (Å²) >= 11 is 1.99. The summed E-state index contributed by atoms with van der Waals surface area (Å²) in [6, 6.07) is 19.6. The van der Waals surface area contributed by atoms with Crippen LogP contribution in [0.3, 0.4) is 0 Å². The standard InChI is InChI=1S/C22H29S/c1-2-3-4-5-6-7-8-12-19-23-22-17-15-21(16-18-22)20-13-10-9-11-14-20/h9-11,13-18H,1-8,12,19H2. The zero-order chi connectivity index (χ0) is 16.2. The van der Waals surface area contributed by atoms with Crippen LogP contribution in [0, 0.1) is 6.92 Å². The highest BCUT2D eigenvalue weighted by Gasteiger charge is 1.98. The Kier molecular flexibility index (Phi) is 8.94. The molecule has 1 radical (unpaired) electrons. The summed E-state index contributed by atoms with van der Waals surface area (Å²) in [5.74, 6) is 1.24. The van der Waals surface area contributed by atoms with Gasteiger partial charge in [-0.3, -0.25) is 0 Å². The zero-order valence-corrected chi connectivity index (χ0v) is 15.0. The minimum absolute atomic E-state index is 1.10. The molecule has 0 aliphatic carbocycles. The third-order valence-corrected chi connectivity index (χ3v) is 5.22. The second kappa shape index (κ2) is 11.3. The van der Waals surface area contributed by atoms with Crippen molar-refractivity contribution < 1.29 is 0 Å². The molecule has 0 bridgehead atoms. The molecule has 0 N–H and O–H groups in total. The predicted molar refractivity (Wildman–Crippen MR) is 105 cm³/mol. The zero-order valence-electron chi connectivity index (χ0n) is 14.2. The average molecular weight is 326 g/mol. The van der Waals surface area contributed by atoms with Crippen LogP contribution in [-0.4, -0.2) is 5.75 Å². The Morgan fingerprint density at radius 1 is 0.609 bits per heavy atom. The summed E-state index contributed by atoms with van der Waals surface area (Å²) in [5, 5.41) is 0. The number of hydrogen-bond acceptors (Lipinski definition) is 1. The Morgan fingerprint density at radius 2 is 1.17 bits per heavy atom. The van der Waals surface area contributed by atoms with Gasteiger partial charge in [-0.2, -0.15) is 0 Å². The topological polar surface area (TPSA) is 0 Å². The fraction of sp³-hybridized carbons (Fsp3) is 0.409. The van der Waals surface area contributed by atoms with Crippen LogP contribution in [-0.2, 0) is 0 Å². The molecule has 0 heterocycles. The van der Waals surface area contributed by atoms with E-state index in [4.69, 9.17) is 0 Å². The predicted octanol–water partition coefficient (Wildman–Crippen LogP) is 7.40. The van der Waals surface area contributed by atoms with Gasteiger partial charge in [0.1, 0.15) is 0 Å². The van der Waals surface area contributed by atoms with Crippen molar-refractivity contribution in [2.24, 2.45) is 0 Å². The first-order chi connectivity index (χ1) is 11.4. The van der Waals surface area contributed by atoms with Crippen LogP contribution >= 0.6 is 11.8 Å². The molecular formula is C22H29S. The summed E-state index contributed by atoms with van der Waals surface area (Å²) in [6.07, 6.45) is 10.7. The Labute approximate surface area is 146 Å². The van der Waals surface area contributed by atoms with Gasteiger partial charge in [-0.15, -0.1) is 11.8 Å². The lowest BCUT2D eigenvalue weighted by atomic mass is 10.1. The van der Waals surface area contributed by atoms with Gasteiger partial charge in [0.25, 0.3) is 0 Å². The van der Waals surface area contributed by atoms with E-state index in [1.807, 2.05) is 11.8 Å². The Balaban J connectivity index is 1.60. The van der Waals surface area contributed by atoms with Gasteiger partial charge in [0, 0.05) is 4.90 Å². The van der Waals surface area contributed by atoms with Crippen molar-refractivity contribution in [3.05, 3.63) is 61.5 Å². The molecular weight excluding hydrogens is 296 g/mol. The van der Waals surface area contributed by atoms with Crippen molar-refractivity contribution in [3.63, 3.8) is 0 Å². The molecule has 23 heavy (non-hydrogen) atoms. The van der Waals surface area contributed by atoms with E-state index in [1.54, 1.807) is 0 Å². The first-order valence-electron chi connectivity index (χ1n) is 8.97. The summed E-state index contributed by atoms with van der Waals surface area (Å²) < 4.78 is 0. The maximum absolute atomic E-state index is 3.89. The van der Waals surface area contributed by atoms with E-state index in [-0.39, 0.29) is 0 Å². The van der Waals surface area contributed by atoms with Gasteiger partial charge >= 0.3 is 0 Å². The van der Waals surface area contributed by atoms with E-state index in [9.17, 15) is 0 Å². The van der Waals surface area contributed by atoms with E-state index in [0.29, 0.717) is 0 Å². The molecule has 2 rings (SSSR count). The Morgan fingerprint density at radius 3 is 1.83 bits per heavy atom. The Bertz CT molecular complexity index is 515. The SMILES string of the molecule is [CH2]CCCCCCCCCSc1ccc(-c2ccccc2)cc1. The smallest absolute Gasteiger partial charge is 0.00723 e. The van der Waals surface area contributed by atoms with E-state index >= 15 is 0 Å². The quantitative estimate of drug-likeness (QED) is 0.306. The van der Waals surface area contributed by atoms with Gasteiger partial charge in [-0.05, 0) is 35.4 Å². The molecule has 123 valence electrons. The third-order valence-electron chi connectivity index (χ3n) is 4.12. The van der Waals surface area contributed by atoms with Gasteiger partial charge in [0.2, 0.25) is 0 Å². The molecule has 2 aromatic carbocycles. The molecule has 0 nitrogen and oxygen atoms in total. The highest BCUT2D eigenvalue weighted by molar-refractivity contribution is 7.99. The van der Waals surface area contributed by atoms with Crippen molar-refractivity contribution >= 4 is 11.8 Å². The van der Waals surface area contributed by atoms with Crippen LogP contribution in [0.2, 0.25) is 0 Å². The molecule has 0 fully saturated rings. The molecule has 0 unspecified atom stereocenters. The normalized spacial score (nSPS) is 10.8. The van der Waals surface area contributed by atoms with Crippen LogP contribution in [0.25, 0.3) is 11.1 Å². The first-order valence-corrected chi connectivity index (χ1v) is 9.96. The largest absolute Gasteiger partial charge is 0.126 e. The van der Waals surface area contributed by atoms with Crippen LogP contribution in [0.15, 0.2) is 59.5 Å². The molecule has 0 spiro atoms. The van der Waals surface area contributed by atoms with Crippen molar-refractivity contribution in [1.29, 1.82) is 0 Å². The molecule has 1 heteroatoms. The lowest BCUT2D eigenvalue weighted by Crippen LogP contribution is -1.84. The molecule has 0 saturated heterocycles. The highest BCUT2D eigenvalue weighted by atomic mass is 32.2. The fourth-order valence-corrected chi connectivity index (χ4v) is 3.64. The van der Waals surface area contributed by atoms with Gasteiger partial charge in [0.05, 0.1) is 0 Å². The Hall–Kier alpha value is -1.21. The summed E-state index contributed by atoms with van der Waals surface area (Å²) in [4.78, 5) is 1.39. The first kappa shape index (κ1) is 18.1. The van der Waals surface area contributed by atoms with Crippen molar-refractivity contribution in [2.75, 3.05) is 5.75 Å². The van der Waals surface area contributed by atoms with Gasteiger partial charge in [-0.25, -0.2) is 0 Å². The second-order valence-corrected chi connectivity index (χ2v) is 7.24. The maximum Gasteiger partial charge on any atom is 0.00723 e. The van der Waals surface area contributed by atoms with Crippen LogP contribution < -0.4 is 0 Å². The van der Waals surface area contributed by atoms with Crippen molar-refractivity contribution in [1.82, 2.24) is 0 Å². The average Bonchev–Trinajstić information content (AvgIpc) is 2.62. The highest BCUT2D eigenvalue weighted by Crippen LogP contribution is 2.25. The molecule has 0 amide bonds. The molecule has 0 aliphatic heterocycles. The van der Waals surface area contributed by atoms with Crippen molar-refractivity contribution in [3.8, 4) is 11.1 Å². The number of hydrogen-bond donors (Lipinski definition) is 0. The molecule has 2 aromatic rings. The summed E-state index contributed by atoms with van der Waals surface area (Å²) in [6.45, 7) is 3.89. The molecule has 0 atom stereocenters. The molecule has 0 aromatic heterocycles. The van der Waals surface area contributed by atoms with Crippen LogP contribution in [0.1, 0.15) is 51.4 Å². The molecule has 0 aliphatic rings. The lowest BCUT2D eigenvalue weighted by molar-refractivity contribution is 0.593. The minimum atomic E-state index is 1.10. The number of thioether (sulfide) groups is 1.